The average Bonchev–Trinajstić information content (AvgIpc) is 3.09. The fraction of sp³-hybridized carbons (Fsp3) is 0.619. The van der Waals surface area contributed by atoms with E-state index in [-0.39, 0.29) is 30.2 Å². The Bertz CT molecular complexity index is 707. The largest absolute Gasteiger partial charge is 0.342 e. The van der Waals surface area contributed by atoms with Crippen LogP contribution in [0.4, 0.5) is 0 Å². The van der Waals surface area contributed by atoms with Crippen molar-refractivity contribution < 1.29 is 4.79 Å². The number of carbonyl (C=O) groups is 1. The van der Waals surface area contributed by atoms with Gasteiger partial charge in [-0.3, -0.25) is 4.79 Å². The Hall–Kier alpha value is -0.880. The second-order valence-electron chi connectivity index (χ2n) is 7.53. The van der Waals surface area contributed by atoms with Gasteiger partial charge in [0.15, 0.2) is 0 Å². The zero-order valence-electron chi connectivity index (χ0n) is 17.1. The maximum atomic E-state index is 13.5. The smallest absolute Gasteiger partial charge is 0.229 e. The summed E-state index contributed by atoms with van der Waals surface area (Å²) in [7, 11) is 2.01. The van der Waals surface area contributed by atoms with Crippen LogP contribution in [0.1, 0.15) is 44.5 Å². The molecule has 0 radical (unpaired) electrons. The number of thiazole rings is 1. The minimum atomic E-state index is -0.316. The summed E-state index contributed by atoms with van der Waals surface area (Å²) in [4.78, 5) is 20.4. The van der Waals surface area contributed by atoms with Crippen LogP contribution in [-0.4, -0.2) is 42.5 Å². The van der Waals surface area contributed by atoms with Crippen LogP contribution < -0.4 is 5.32 Å². The van der Waals surface area contributed by atoms with Gasteiger partial charge in [-0.15, -0.1) is 36.2 Å². The Morgan fingerprint density at radius 2 is 1.86 bits per heavy atom. The van der Waals surface area contributed by atoms with E-state index in [0.717, 1.165) is 62.3 Å². The van der Waals surface area contributed by atoms with Gasteiger partial charge in [0.25, 0.3) is 0 Å². The van der Waals surface area contributed by atoms with Crippen molar-refractivity contribution in [3.8, 4) is 0 Å². The number of likely N-dealkylation sites (tertiary alicyclic amines) is 1. The highest BCUT2D eigenvalue weighted by molar-refractivity contribution is 7.18. The van der Waals surface area contributed by atoms with Gasteiger partial charge in [0.05, 0.1) is 20.6 Å². The number of piperidine rings is 1. The number of hydrogen-bond acceptors (Lipinski definition) is 4. The number of aromatic nitrogens is 1. The van der Waals surface area contributed by atoms with Gasteiger partial charge in [-0.25, -0.2) is 4.98 Å². The Labute approximate surface area is 185 Å². The number of fused-ring (bicyclic) bond motifs is 1. The summed E-state index contributed by atoms with van der Waals surface area (Å²) in [6.45, 7) is 7.16. The molecule has 0 saturated carbocycles. The molecule has 2 heterocycles. The summed E-state index contributed by atoms with van der Waals surface area (Å²) in [5.74, 6) is 1.04. The summed E-state index contributed by atoms with van der Waals surface area (Å²) in [5, 5.41) is 4.36. The zero-order valence-corrected chi connectivity index (χ0v) is 19.5. The molecular weight excluding hydrogens is 413 g/mol. The molecule has 0 atom stereocenters. The Balaban J connectivity index is 0.00000196. The van der Waals surface area contributed by atoms with Gasteiger partial charge >= 0.3 is 0 Å². The van der Waals surface area contributed by atoms with E-state index < -0.39 is 0 Å². The molecule has 158 valence electrons. The van der Waals surface area contributed by atoms with E-state index in [4.69, 9.17) is 4.98 Å². The van der Waals surface area contributed by atoms with E-state index in [1.165, 1.54) is 4.70 Å². The van der Waals surface area contributed by atoms with Gasteiger partial charge in [0.1, 0.15) is 0 Å². The molecule has 2 aromatic rings. The number of para-hydroxylation sites is 1. The molecule has 1 aliphatic heterocycles. The number of rotatable bonds is 7. The van der Waals surface area contributed by atoms with E-state index in [1.807, 2.05) is 13.1 Å². The minimum Gasteiger partial charge on any atom is -0.342 e. The minimum absolute atomic E-state index is 0. The first-order valence-electron chi connectivity index (χ1n) is 9.90. The number of nitrogens with zero attached hydrogens (tertiary/aromatic N) is 2. The molecule has 1 amide bonds. The third kappa shape index (κ3) is 5.38. The molecule has 1 aliphatic rings. The zero-order chi connectivity index (χ0) is 18.6. The number of halogens is 2. The van der Waals surface area contributed by atoms with E-state index in [1.54, 1.807) is 11.3 Å². The first-order valence-corrected chi connectivity index (χ1v) is 10.7. The van der Waals surface area contributed by atoms with Crippen molar-refractivity contribution in [2.24, 2.45) is 11.3 Å². The molecule has 4 nitrogen and oxygen atoms in total. The SMILES string of the molecule is CCC(CC)(Cc1nc2ccccc2s1)C(=O)N1CCC(CNC)CC1.Cl.Cl. The van der Waals surface area contributed by atoms with Crippen LogP contribution in [0.15, 0.2) is 24.3 Å². The molecular formula is C21H33Cl2N3OS. The molecule has 1 aromatic heterocycles. The summed E-state index contributed by atoms with van der Waals surface area (Å²) >= 11 is 1.74. The second kappa shape index (κ2) is 11.3. The molecule has 0 bridgehead atoms. The van der Waals surface area contributed by atoms with E-state index >= 15 is 0 Å². The van der Waals surface area contributed by atoms with Crippen molar-refractivity contribution in [1.82, 2.24) is 15.2 Å². The molecule has 1 N–H and O–H groups in total. The normalized spacial score (nSPS) is 15.2. The van der Waals surface area contributed by atoms with Crippen molar-refractivity contribution >= 4 is 52.3 Å². The monoisotopic (exact) mass is 445 g/mol. The molecule has 0 aliphatic carbocycles. The average molecular weight is 446 g/mol. The van der Waals surface area contributed by atoms with Gasteiger partial charge < -0.3 is 10.2 Å². The Morgan fingerprint density at radius 1 is 1.21 bits per heavy atom. The predicted molar refractivity (Wildman–Crippen MR) is 124 cm³/mol. The van der Waals surface area contributed by atoms with Crippen LogP contribution in [0.25, 0.3) is 10.2 Å². The lowest BCUT2D eigenvalue weighted by atomic mass is 9.77. The number of hydrogen-bond donors (Lipinski definition) is 1. The fourth-order valence-electron chi connectivity index (χ4n) is 4.13. The van der Waals surface area contributed by atoms with Gasteiger partial charge in [0, 0.05) is 19.5 Å². The van der Waals surface area contributed by atoms with Crippen molar-refractivity contribution in [2.75, 3.05) is 26.7 Å². The number of benzene rings is 1. The van der Waals surface area contributed by atoms with E-state index in [9.17, 15) is 4.79 Å². The summed E-state index contributed by atoms with van der Waals surface area (Å²) in [6.07, 6.45) is 4.71. The highest BCUT2D eigenvalue weighted by Gasteiger charge is 2.40. The van der Waals surface area contributed by atoms with Gasteiger partial charge in [0.2, 0.25) is 5.91 Å². The van der Waals surface area contributed by atoms with Gasteiger partial charge in [-0.1, -0.05) is 26.0 Å². The Morgan fingerprint density at radius 3 is 2.43 bits per heavy atom. The van der Waals surface area contributed by atoms with Crippen LogP contribution in [0.3, 0.4) is 0 Å². The molecule has 1 aromatic carbocycles. The van der Waals surface area contributed by atoms with Crippen molar-refractivity contribution in [2.45, 2.75) is 46.0 Å². The van der Waals surface area contributed by atoms with E-state index in [0.29, 0.717) is 11.8 Å². The highest BCUT2D eigenvalue weighted by Crippen LogP contribution is 2.36. The van der Waals surface area contributed by atoms with Crippen molar-refractivity contribution in [3.05, 3.63) is 29.3 Å². The van der Waals surface area contributed by atoms with Crippen molar-refractivity contribution in [1.29, 1.82) is 0 Å². The molecule has 3 rings (SSSR count). The summed E-state index contributed by atoms with van der Waals surface area (Å²) in [6, 6.07) is 8.25. The molecule has 0 spiro atoms. The molecule has 0 unspecified atom stereocenters. The number of amides is 1. The van der Waals surface area contributed by atoms with E-state index in [2.05, 4.69) is 42.3 Å². The van der Waals surface area contributed by atoms with Gasteiger partial charge in [-0.05, 0) is 57.3 Å². The molecule has 7 heteroatoms. The van der Waals surface area contributed by atoms with Crippen LogP contribution in [0.5, 0.6) is 0 Å². The maximum Gasteiger partial charge on any atom is 0.229 e. The standard InChI is InChI=1S/C21H31N3OS.2ClH/c1-4-21(5-2,14-19-23-17-8-6-7-9-18(17)26-19)20(25)24-12-10-16(11-13-24)15-22-3;;/h6-9,16,22H,4-5,10-15H2,1-3H3;2*1H. The quantitative estimate of drug-likeness (QED) is 0.655. The third-order valence-corrected chi connectivity index (χ3v) is 7.07. The number of nitrogens with one attached hydrogen (secondary N) is 1. The van der Waals surface area contributed by atoms with Crippen LogP contribution in [-0.2, 0) is 11.2 Å². The summed E-state index contributed by atoms with van der Waals surface area (Å²) in [5.41, 5.74) is 0.734. The Kier molecular flexibility index (Phi) is 10.2. The van der Waals surface area contributed by atoms with Crippen LogP contribution in [0.2, 0.25) is 0 Å². The summed E-state index contributed by atoms with van der Waals surface area (Å²) < 4.78 is 1.21. The maximum absolute atomic E-state index is 13.5. The van der Waals surface area contributed by atoms with Crippen LogP contribution in [0, 0.1) is 11.3 Å². The topological polar surface area (TPSA) is 45.2 Å². The lowest BCUT2D eigenvalue weighted by Crippen LogP contribution is -2.48. The first kappa shape index (κ1) is 25.2. The van der Waals surface area contributed by atoms with Crippen molar-refractivity contribution in [3.63, 3.8) is 0 Å². The molecule has 1 saturated heterocycles. The lowest BCUT2D eigenvalue weighted by Gasteiger charge is -2.39. The van der Waals surface area contributed by atoms with Crippen LogP contribution >= 0.6 is 36.2 Å². The third-order valence-electron chi connectivity index (χ3n) is 6.03. The predicted octanol–water partition coefficient (Wildman–Crippen LogP) is 4.95. The second-order valence-corrected chi connectivity index (χ2v) is 8.65. The molecule has 28 heavy (non-hydrogen) atoms. The first-order chi connectivity index (χ1) is 12.6. The fourth-order valence-corrected chi connectivity index (χ4v) is 5.24. The molecule has 1 fully saturated rings. The highest BCUT2D eigenvalue weighted by atomic mass is 35.5. The number of carbonyl (C=O) groups excluding carboxylic acids is 1. The van der Waals surface area contributed by atoms with Gasteiger partial charge in [-0.2, -0.15) is 0 Å². The lowest BCUT2D eigenvalue weighted by molar-refractivity contribution is -0.144.